The van der Waals surface area contributed by atoms with Gasteiger partial charge in [-0.15, -0.1) is 0 Å². The highest BCUT2D eigenvalue weighted by molar-refractivity contribution is 5.80. The van der Waals surface area contributed by atoms with Crippen molar-refractivity contribution in [1.82, 2.24) is 10.2 Å². The van der Waals surface area contributed by atoms with Gasteiger partial charge >= 0.3 is 12.0 Å². The van der Waals surface area contributed by atoms with Crippen LogP contribution in [0.15, 0.2) is 0 Å². The first-order chi connectivity index (χ1) is 9.04. The van der Waals surface area contributed by atoms with Crippen molar-refractivity contribution in [2.75, 3.05) is 13.6 Å². The molecule has 0 aromatic rings. The topological polar surface area (TPSA) is 69.6 Å². The monoisotopic (exact) mass is 266 g/mol. The molecular formula is C14H22N2O3. The second-order valence-electron chi connectivity index (χ2n) is 6.58. The van der Waals surface area contributed by atoms with Gasteiger partial charge in [0.25, 0.3) is 0 Å². The summed E-state index contributed by atoms with van der Waals surface area (Å²) < 4.78 is 0. The largest absolute Gasteiger partial charge is 0.480 e. The molecule has 4 fully saturated rings. The molecule has 0 atom stereocenters. The number of carboxylic acids is 1. The molecule has 0 heterocycles. The second kappa shape index (κ2) is 4.69. The molecule has 4 aliphatic rings. The summed E-state index contributed by atoms with van der Waals surface area (Å²) in [7, 11) is 1.82. The van der Waals surface area contributed by atoms with Crippen LogP contribution < -0.4 is 5.32 Å². The Balaban J connectivity index is 1.65. The molecule has 0 saturated heterocycles. The minimum atomic E-state index is -0.994. The molecule has 0 radical (unpaired) electrons. The summed E-state index contributed by atoms with van der Waals surface area (Å²) in [5.74, 6) is 2.05. The van der Waals surface area contributed by atoms with Gasteiger partial charge in [-0.1, -0.05) is 0 Å². The van der Waals surface area contributed by atoms with Crippen LogP contribution >= 0.6 is 0 Å². The third kappa shape index (κ3) is 2.30. The number of rotatable bonds is 3. The number of hydrogen-bond acceptors (Lipinski definition) is 2. The molecule has 0 spiro atoms. The first kappa shape index (κ1) is 12.8. The standard InChI is InChI=1S/C14H22N2O3/c1-16(14(19)15-7-12(17)18)13-10-3-8-2-9(5-10)6-11(13)4-8/h8-11,13H,2-7H2,1H3,(H,15,19)(H,17,18). The van der Waals surface area contributed by atoms with Crippen LogP contribution in [0.4, 0.5) is 4.79 Å². The van der Waals surface area contributed by atoms with Crippen molar-refractivity contribution in [1.29, 1.82) is 0 Å². The number of nitrogens with one attached hydrogen (secondary N) is 1. The van der Waals surface area contributed by atoms with Crippen LogP contribution in [0.1, 0.15) is 32.1 Å². The zero-order valence-corrected chi connectivity index (χ0v) is 11.3. The second-order valence-corrected chi connectivity index (χ2v) is 6.58. The zero-order chi connectivity index (χ0) is 13.6. The number of carbonyl (C=O) groups excluding carboxylic acids is 1. The predicted octanol–water partition coefficient (Wildman–Crippen LogP) is 1.54. The van der Waals surface area contributed by atoms with Gasteiger partial charge in [0.2, 0.25) is 0 Å². The maximum atomic E-state index is 12.0. The minimum absolute atomic E-state index is 0.236. The summed E-state index contributed by atoms with van der Waals surface area (Å²) >= 11 is 0. The van der Waals surface area contributed by atoms with Crippen molar-refractivity contribution >= 4 is 12.0 Å². The van der Waals surface area contributed by atoms with Gasteiger partial charge in [-0.2, -0.15) is 0 Å². The van der Waals surface area contributed by atoms with E-state index in [1.807, 2.05) is 7.05 Å². The average Bonchev–Trinajstić information content (AvgIpc) is 2.34. The van der Waals surface area contributed by atoms with E-state index >= 15 is 0 Å². The summed E-state index contributed by atoms with van der Waals surface area (Å²) in [5, 5.41) is 11.1. The molecule has 0 unspecified atom stereocenters. The quantitative estimate of drug-likeness (QED) is 0.814. The summed E-state index contributed by atoms with van der Waals surface area (Å²) in [6, 6.07) is 0.0847. The molecule has 2 N–H and O–H groups in total. The molecular weight excluding hydrogens is 244 g/mol. The summed E-state index contributed by atoms with van der Waals surface area (Å²) in [5.41, 5.74) is 0. The smallest absolute Gasteiger partial charge is 0.323 e. The highest BCUT2D eigenvalue weighted by Gasteiger charge is 2.50. The van der Waals surface area contributed by atoms with E-state index in [1.54, 1.807) is 4.90 Å². The molecule has 5 nitrogen and oxygen atoms in total. The molecule has 0 aliphatic heterocycles. The van der Waals surface area contributed by atoms with E-state index in [1.165, 1.54) is 32.1 Å². The molecule has 0 aromatic carbocycles. The molecule has 106 valence electrons. The van der Waals surface area contributed by atoms with Crippen LogP contribution in [0, 0.1) is 23.7 Å². The van der Waals surface area contributed by atoms with Crippen LogP contribution in [0.25, 0.3) is 0 Å². The van der Waals surface area contributed by atoms with Crippen molar-refractivity contribution in [3.63, 3.8) is 0 Å². The van der Waals surface area contributed by atoms with Gasteiger partial charge in [0.05, 0.1) is 0 Å². The lowest BCUT2D eigenvalue weighted by atomic mass is 9.54. The van der Waals surface area contributed by atoms with E-state index in [4.69, 9.17) is 5.11 Å². The molecule has 2 amide bonds. The van der Waals surface area contributed by atoms with Gasteiger partial charge < -0.3 is 15.3 Å². The van der Waals surface area contributed by atoms with E-state index < -0.39 is 5.97 Å². The fraction of sp³-hybridized carbons (Fsp3) is 0.857. The van der Waals surface area contributed by atoms with E-state index in [2.05, 4.69) is 5.32 Å². The van der Waals surface area contributed by atoms with Crippen molar-refractivity contribution < 1.29 is 14.7 Å². The number of nitrogens with zero attached hydrogens (tertiary/aromatic N) is 1. The van der Waals surface area contributed by atoms with E-state index in [9.17, 15) is 9.59 Å². The summed E-state index contributed by atoms with van der Waals surface area (Å²) in [6.45, 7) is -0.295. The third-order valence-corrected chi connectivity index (χ3v) is 5.34. The van der Waals surface area contributed by atoms with Crippen LogP contribution in [0.3, 0.4) is 0 Å². The number of amides is 2. The zero-order valence-electron chi connectivity index (χ0n) is 11.3. The number of urea groups is 1. The Labute approximate surface area is 113 Å². The van der Waals surface area contributed by atoms with E-state index in [0.29, 0.717) is 17.9 Å². The van der Waals surface area contributed by atoms with Crippen LogP contribution in [-0.4, -0.2) is 41.6 Å². The Morgan fingerprint density at radius 2 is 1.63 bits per heavy atom. The van der Waals surface area contributed by atoms with Crippen molar-refractivity contribution in [2.45, 2.75) is 38.1 Å². The van der Waals surface area contributed by atoms with Gasteiger partial charge in [-0.05, 0) is 55.8 Å². The van der Waals surface area contributed by atoms with Crippen LogP contribution in [0.2, 0.25) is 0 Å². The molecule has 19 heavy (non-hydrogen) atoms. The first-order valence-electron chi connectivity index (χ1n) is 7.27. The van der Waals surface area contributed by atoms with E-state index in [-0.39, 0.29) is 12.6 Å². The Kier molecular flexibility index (Phi) is 3.15. The SMILES string of the molecule is CN(C(=O)NCC(=O)O)C1C2CC3CC(C2)CC1C3. The highest BCUT2D eigenvalue weighted by atomic mass is 16.4. The fourth-order valence-electron chi connectivity index (χ4n) is 4.94. The molecule has 0 aromatic heterocycles. The van der Waals surface area contributed by atoms with Crippen molar-refractivity contribution in [3.8, 4) is 0 Å². The van der Waals surface area contributed by atoms with Crippen LogP contribution in [-0.2, 0) is 4.79 Å². The lowest BCUT2D eigenvalue weighted by molar-refractivity contribution is -0.135. The van der Waals surface area contributed by atoms with E-state index in [0.717, 1.165) is 11.8 Å². The number of carboxylic acid groups (broad SMARTS) is 1. The maximum Gasteiger partial charge on any atom is 0.323 e. The molecule has 4 saturated carbocycles. The molecule has 4 rings (SSSR count). The lowest BCUT2D eigenvalue weighted by Crippen LogP contribution is -2.58. The highest BCUT2D eigenvalue weighted by Crippen LogP contribution is 2.54. The lowest BCUT2D eigenvalue weighted by Gasteiger charge is -2.56. The first-order valence-corrected chi connectivity index (χ1v) is 7.27. The Morgan fingerprint density at radius 3 is 2.11 bits per heavy atom. The Morgan fingerprint density at radius 1 is 1.11 bits per heavy atom. The Hall–Kier alpha value is -1.26. The fourth-order valence-corrected chi connectivity index (χ4v) is 4.94. The summed E-state index contributed by atoms with van der Waals surface area (Å²) in [4.78, 5) is 24.3. The van der Waals surface area contributed by atoms with Gasteiger partial charge in [0, 0.05) is 13.1 Å². The number of aliphatic carboxylic acids is 1. The van der Waals surface area contributed by atoms with Crippen molar-refractivity contribution in [2.24, 2.45) is 23.7 Å². The van der Waals surface area contributed by atoms with Gasteiger partial charge in [-0.25, -0.2) is 4.79 Å². The average molecular weight is 266 g/mol. The van der Waals surface area contributed by atoms with Gasteiger partial charge in [0.15, 0.2) is 0 Å². The molecule has 4 aliphatic carbocycles. The van der Waals surface area contributed by atoms with Crippen LogP contribution in [0.5, 0.6) is 0 Å². The Bertz CT molecular complexity index is 368. The number of carbonyl (C=O) groups is 2. The van der Waals surface area contributed by atoms with Gasteiger partial charge in [-0.3, -0.25) is 4.79 Å². The predicted molar refractivity (Wildman–Crippen MR) is 69.6 cm³/mol. The maximum absolute atomic E-state index is 12.0. The molecule has 5 heteroatoms. The third-order valence-electron chi connectivity index (χ3n) is 5.34. The number of hydrogen-bond donors (Lipinski definition) is 2. The van der Waals surface area contributed by atoms with Crippen molar-refractivity contribution in [3.05, 3.63) is 0 Å². The van der Waals surface area contributed by atoms with Gasteiger partial charge in [0.1, 0.15) is 6.54 Å². The molecule has 4 bridgehead atoms. The minimum Gasteiger partial charge on any atom is -0.480 e. The normalized spacial score (nSPS) is 39.1. The summed E-state index contributed by atoms with van der Waals surface area (Å²) in [6.07, 6.45) is 6.43.